The number of carbonyl (C=O) groups is 1. The average Bonchev–Trinajstić information content (AvgIpc) is 3.16. The lowest BCUT2D eigenvalue weighted by Gasteiger charge is -2.16. The fraction of sp³-hybridized carbons (Fsp3) is 0.158. The lowest BCUT2D eigenvalue weighted by molar-refractivity contribution is -0.387. The third-order valence-corrected chi connectivity index (χ3v) is 6.35. The molecule has 2 aromatic carbocycles. The Kier molecular flexibility index (Phi) is 5.94. The molecule has 0 aliphatic rings. The first-order valence-electron chi connectivity index (χ1n) is 8.51. The molecule has 1 aromatic heterocycles. The highest BCUT2D eigenvalue weighted by Gasteiger charge is 2.24. The molecule has 0 radical (unpaired) electrons. The number of thiazole rings is 1. The number of sulfone groups is 1. The molecule has 0 fully saturated rings. The van der Waals surface area contributed by atoms with E-state index in [9.17, 15) is 27.7 Å². The Morgan fingerprint density at radius 2 is 2.00 bits per heavy atom. The van der Waals surface area contributed by atoms with Gasteiger partial charge < -0.3 is 4.90 Å². The van der Waals surface area contributed by atoms with Crippen LogP contribution in [0.1, 0.15) is 15.2 Å². The summed E-state index contributed by atoms with van der Waals surface area (Å²) in [5, 5.41) is 11.6. The average molecular weight is 449 g/mol. The van der Waals surface area contributed by atoms with Gasteiger partial charge in [-0.25, -0.2) is 17.8 Å². The van der Waals surface area contributed by atoms with E-state index in [1.54, 1.807) is 19.2 Å². The van der Waals surface area contributed by atoms with E-state index in [0.29, 0.717) is 21.0 Å². The van der Waals surface area contributed by atoms with Crippen LogP contribution in [0.2, 0.25) is 0 Å². The molecule has 0 aliphatic heterocycles. The number of halogens is 1. The van der Waals surface area contributed by atoms with Crippen molar-refractivity contribution in [3.63, 3.8) is 0 Å². The molecule has 0 N–H and O–H groups in total. The normalized spacial score (nSPS) is 11.3. The van der Waals surface area contributed by atoms with Crippen molar-refractivity contribution in [2.45, 2.75) is 11.4 Å². The second-order valence-corrected chi connectivity index (χ2v) is 9.55. The highest BCUT2D eigenvalue weighted by molar-refractivity contribution is 7.90. The van der Waals surface area contributed by atoms with Gasteiger partial charge in [0.25, 0.3) is 11.6 Å². The van der Waals surface area contributed by atoms with E-state index in [2.05, 4.69) is 4.98 Å². The SMILES string of the molecule is CN(Cc1cccc(F)c1)C(=O)c1cnc(-c2ccc(S(C)(=O)=O)c([N+](=O)[O-])c2)s1. The number of nitro benzene ring substituents is 1. The molecule has 0 saturated carbocycles. The number of hydrogen-bond acceptors (Lipinski definition) is 7. The Hall–Kier alpha value is -3.18. The maximum absolute atomic E-state index is 13.3. The molecule has 3 aromatic rings. The standard InChI is InChI=1S/C19H16FN3O5S2/c1-22(11-12-4-3-5-14(20)8-12)19(24)16-10-21-18(29-16)13-6-7-17(30(2,27)28)15(9-13)23(25)26/h3-10H,11H2,1-2H3. The molecule has 0 atom stereocenters. The lowest BCUT2D eigenvalue weighted by atomic mass is 10.2. The largest absolute Gasteiger partial charge is 0.337 e. The van der Waals surface area contributed by atoms with Gasteiger partial charge in [-0.05, 0) is 23.8 Å². The summed E-state index contributed by atoms with van der Waals surface area (Å²) in [7, 11) is -2.21. The van der Waals surface area contributed by atoms with Crippen LogP contribution in [-0.2, 0) is 16.4 Å². The molecular formula is C19H16FN3O5S2. The second kappa shape index (κ2) is 8.28. The molecule has 0 unspecified atom stereocenters. The molecule has 1 amide bonds. The zero-order valence-corrected chi connectivity index (χ0v) is 17.5. The topological polar surface area (TPSA) is 110 Å². The van der Waals surface area contributed by atoms with Crippen LogP contribution in [0.5, 0.6) is 0 Å². The Morgan fingerprint density at radius 1 is 1.27 bits per heavy atom. The molecule has 1 heterocycles. The van der Waals surface area contributed by atoms with E-state index >= 15 is 0 Å². The number of carbonyl (C=O) groups excluding carboxylic acids is 1. The van der Waals surface area contributed by atoms with Gasteiger partial charge in [0.2, 0.25) is 0 Å². The zero-order chi connectivity index (χ0) is 22.1. The first-order chi connectivity index (χ1) is 14.1. The smallest absolute Gasteiger partial charge is 0.288 e. The highest BCUT2D eigenvalue weighted by Crippen LogP contribution is 2.32. The van der Waals surface area contributed by atoms with Crippen LogP contribution in [0.15, 0.2) is 53.6 Å². The van der Waals surface area contributed by atoms with Crippen molar-refractivity contribution in [1.82, 2.24) is 9.88 Å². The molecule has 30 heavy (non-hydrogen) atoms. The Bertz CT molecular complexity index is 1240. The number of aromatic nitrogens is 1. The number of nitrogens with zero attached hydrogens (tertiary/aromatic N) is 3. The summed E-state index contributed by atoms with van der Waals surface area (Å²) < 4.78 is 36.8. The third kappa shape index (κ3) is 4.69. The summed E-state index contributed by atoms with van der Waals surface area (Å²) in [4.78, 5) is 28.6. The Balaban J connectivity index is 1.86. The van der Waals surface area contributed by atoms with Gasteiger partial charge in [-0.15, -0.1) is 11.3 Å². The number of rotatable bonds is 6. The monoisotopic (exact) mass is 449 g/mol. The van der Waals surface area contributed by atoms with Gasteiger partial charge in [-0.3, -0.25) is 14.9 Å². The summed E-state index contributed by atoms with van der Waals surface area (Å²) >= 11 is 1.02. The maximum Gasteiger partial charge on any atom is 0.288 e. The van der Waals surface area contributed by atoms with Crippen LogP contribution < -0.4 is 0 Å². The van der Waals surface area contributed by atoms with Gasteiger partial charge in [0.05, 0.1) is 11.1 Å². The van der Waals surface area contributed by atoms with E-state index in [1.807, 2.05) is 0 Å². The minimum atomic E-state index is -3.78. The summed E-state index contributed by atoms with van der Waals surface area (Å²) in [5.74, 6) is -0.738. The van der Waals surface area contributed by atoms with Gasteiger partial charge in [0, 0.05) is 31.5 Å². The maximum atomic E-state index is 13.3. The zero-order valence-electron chi connectivity index (χ0n) is 15.9. The summed E-state index contributed by atoms with van der Waals surface area (Å²) in [6.45, 7) is 0.193. The molecular weight excluding hydrogens is 433 g/mol. The van der Waals surface area contributed by atoms with Crippen LogP contribution in [0, 0.1) is 15.9 Å². The second-order valence-electron chi connectivity index (χ2n) is 6.53. The van der Waals surface area contributed by atoms with Crippen molar-refractivity contribution >= 4 is 32.8 Å². The quantitative estimate of drug-likeness (QED) is 0.420. The lowest BCUT2D eigenvalue weighted by Crippen LogP contribution is -2.25. The van der Waals surface area contributed by atoms with E-state index in [4.69, 9.17) is 0 Å². The van der Waals surface area contributed by atoms with Crippen molar-refractivity contribution < 1.29 is 22.5 Å². The fourth-order valence-corrected chi connectivity index (χ4v) is 4.52. The fourth-order valence-electron chi connectivity index (χ4n) is 2.78. The van der Waals surface area contributed by atoms with E-state index in [1.165, 1.54) is 29.3 Å². The van der Waals surface area contributed by atoms with Crippen molar-refractivity contribution in [3.8, 4) is 10.6 Å². The number of amides is 1. The number of benzene rings is 2. The minimum absolute atomic E-state index is 0.193. The Morgan fingerprint density at radius 3 is 2.63 bits per heavy atom. The van der Waals surface area contributed by atoms with Crippen LogP contribution in [-0.4, -0.2) is 42.4 Å². The third-order valence-electron chi connectivity index (χ3n) is 4.17. The number of hydrogen-bond donors (Lipinski definition) is 0. The van der Waals surface area contributed by atoms with Gasteiger partial charge in [0.15, 0.2) is 9.84 Å². The minimum Gasteiger partial charge on any atom is -0.337 e. The van der Waals surface area contributed by atoms with Crippen molar-refractivity contribution in [3.05, 3.63) is 75.0 Å². The Labute approximate surface area is 175 Å². The van der Waals surface area contributed by atoms with Gasteiger partial charge in [-0.2, -0.15) is 0 Å². The van der Waals surface area contributed by atoms with E-state index in [0.717, 1.165) is 29.7 Å². The molecule has 8 nitrogen and oxygen atoms in total. The van der Waals surface area contributed by atoms with Crippen LogP contribution in [0.4, 0.5) is 10.1 Å². The summed E-state index contributed by atoms with van der Waals surface area (Å²) in [5.41, 5.74) is 0.398. The molecule has 156 valence electrons. The van der Waals surface area contributed by atoms with E-state index < -0.39 is 26.3 Å². The molecule has 11 heteroatoms. The van der Waals surface area contributed by atoms with Gasteiger partial charge >= 0.3 is 0 Å². The molecule has 0 bridgehead atoms. The van der Waals surface area contributed by atoms with Crippen LogP contribution in [0.25, 0.3) is 10.6 Å². The van der Waals surface area contributed by atoms with Crippen LogP contribution >= 0.6 is 11.3 Å². The number of nitro groups is 1. The van der Waals surface area contributed by atoms with Crippen molar-refractivity contribution in [1.29, 1.82) is 0 Å². The first-order valence-corrected chi connectivity index (χ1v) is 11.2. The van der Waals surface area contributed by atoms with Crippen molar-refractivity contribution in [2.75, 3.05) is 13.3 Å². The first kappa shape index (κ1) is 21.5. The van der Waals surface area contributed by atoms with Gasteiger partial charge in [0.1, 0.15) is 20.6 Å². The summed E-state index contributed by atoms with van der Waals surface area (Å²) in [6.07, 6.45) is 2.24. The van der Waals surface area contributed by atoms with Crippen LogP contribution in [0.3, 0.4) is 0 Å². The molecule has 0 aliphatic carbocycles. The predicted octanol–water partition coefficient (Wildman–Crippen LogP) is 3.53. The highest BCUT2D eigenvalue weighted by atomic mass is 32.2. The van der Waals surface area contributed by atoms with E-state index in [-0.39, 0.29) is 17.3 Å². The van der Waals surface area contributed by atoms with Crippen molar-refractivity contribution in [2.24, 2.45) is 0 Å². The predicted molar refractivity (Wildman–Crippen MR) is 110 cm³/mol. The van der Waals surface area contributed by atoms with Gasteiger partial charge in [-0.1, -0.05) is 18.2 Å². The molecule has 3 rings (SSSR count). The molecule has 0 spiro atoms. The molecule has 0 saturated heterocycles. The summed E-state index contributed by atoms with van der Waals surface area (Å²) in [6, 6.07) is 9.60.